The first-order chi connectivity index (χ1) is 8.59. The van der Waals surface area contributed by atoms with Gasteiger partial charge in [0.05, 0.1) is 12.2 Å². The number of aromatic amines is 1. The smallest absolute Gasteiger partial charge is 0.257 e. The molecule has 7 nitrogen and oxygen atoms in total. The standard InChI is InChI=1S/C11H15N5O2/c1-6(2)10-9(7(3)16-18-10)11(17)12-4-8-13-5-14-15-8/h5-6H,4H2,1-3H3,(H,12,17)(H,13,14,15). The van der Waals surface area contributed by atoms with Crippen LogP contribution in [0.15, 0.2) is 10.9 Å². The van der Waals surface area contributed by atoms with E-state index in [4.69, 9.17) is 4.52 Å². The van der Waals surface area contributed by atoms with Crippen molar-refractivity contribution < 1.29 is 9.32 Å². The van der Waals surface area contributed by atoms with Crippen LogP contribution in [0.1, 0.15) is 47.4 Å². The summed E-state index contributed by atoms with van der Waals surface area (Å²) in [5, 5.41) is 13.0. The molecule has 96 valence electrons. The number of rotatable bonds is 4. The van der Waals surface area contributed by atoms with Gasteiger partial charge in [-0.3, -0.25) is 9.89 Å². The summed E-state index contributed by atoms with van der Waals surface area (Å²) < 4.78 is 5.17. The molecule has 0 radical (unpaired) electrons. The fourth-order valence-electron chi connectivity index (χ4n) is 1.63. The summed E-state index contributed by atoms with van der Waals surface area (Å²) in [5.74, 6) is 1.09. The normalized spacial score (nSPS) is 10.9. The summed E-state index contributed by atoms with van der Waals surface area (Å²) >= 11 is 0. The SMILES string of the molecule is Cc1noc(C(C)C)c1C(=O)NCc1ncn[nH]1. The van der Waals surface area contributed by atoms with Crippen molar-refractivity contribution in [3.8, 4) is 0 Å². The summed E-state index contributed by atoms with van der Waals surface area (Å²) in [6, 6.07) is 0. The second-order valence-electron chi connectivity index (χ2n) is 4.28. The average molecular weight is 249 g/mol. The van der Waals surface area contributed by atoms with Crippen LogP contribution in [0.2, 0.25) is 0 Å². The monoisotopic (exact) mass is 249 g/mol. The van der Waals surface area contributed by atoms with E-state index in [0.29, 0.717) is 29.4 Å². The van der Waals surface area contributed by atoms with Gasteiger partial charge in [0.1, 0.15) is 17.7 Å². The Bertz CT molecular complexity index is 530. The maximum absolute atomic E-state index is 12.1. The number of nitrogens with zero attached hydrogens (tertiary/aromatic N) is 3. The van der Waals surface area contributed by atoms with E-state index in [1.54, 1.807) is 6.92 Å². The van der Waals surface area contributed by atoms with Crippen LogP contribution < -0.4 is 5.32 Å². The second kappa shape index (κ2) is 4.99. The Morgan fingerprint density at radius 1 is 1.56 bits per heavy atom. The molecule has 0 aliphatic rings. The molecule has 0 saturated heterocycles. The largest absolute Gasteiger partial charge is 0.360 e. The topological polar surface area (TPSA) is 96.7 Å². The molecule has 0 aliphatic carbocycles. The first kappa shape index (κ1) is 12.3. The van der Waals surface area contributed by atoms with Crippen LogP contribution in [0.4, 0.5) is 0 Å². The van der Waals surface area contributed by atoms with E-state index in [-0.39, 0.29) is 11.8 Å². The van der Waals surface area contributed by atoms with Crippen molar-refractivity contribution in [1.29, 1.82) is 0 Å². The highest BCUT2D eigenvalue weighted by Crippen LogP contribution is 2.21. The molecule has 0 aliphatic heterocycles. The quantitative estimate of drug-likeness (QED) is 0.847. The molecular weight excluding hydrogens is 234 g/mol. The van der Waals surface area contributed by atoms with Crippen LogP contribution in [0.5, 0.6) is 0 Å². The van der Waals surface area contributed by atoms with Crippen molar-refractivity contribution in [3.05, 3.63) is 29.2 Å². The molecule has 2 aromatic heterocycles. The van der Waals surface area contributed by atoms with Gasteiger partial charge in [0.2, 0.25) is 0 Å². The van der Waals surface area contributed by atoms with Gasteiger partial charge in [0.25, 0.3) is 5.91 Å². The molecule has 0 atom stereocenters. The third-order valence-corrected chi connectivity index (χ3v) is 2.52. The van der Waals surface area contributed by atoms with Crippen molar-refractivity contribution in [3.63, 3.8) is 0 Å². The molecule has 0 fully saturated rings. The Kier molecular flexibility index (Phi) is 3.40. The highest BCUT2D eigenvalue weighted by atomic mass is 16.5. The molecule has 0 saturated carbocycles. The van der Waals surface area contributed by atoms with E-state index in [2.05, 4.69) is 25.7 Å². The van der Waals surface area contributed by atoms with Gasteiger partial charge < -0.3 is 9.84 Å². The van der Waals surface area contributed by atoms with Crippen molar-refractivity contribution >= 4 is 5.91 Å². The van der Waals surface area contributed by atoms with E-state index in [9.17, 15) is 4.79 Å². The van der Waals surface area contributed by atoms with E-state index in [0.717, 1.165) is 0 Å². The van der Waals surface area contributed by atoms with Gasteiger partial charge in [-0.2, -0.15) is 5.10 Å². The number of carbonyl (C=O) groups is 1. The number of amides is 1. The summed E-state index contributed by atoms with van der Waals surface area (Å²) in [5.41, 5.74) is 1.10. The third kappa shape index (κ3) is 2.39. The Morgan fingerprint density at radius 2 is 2.33 bits per heavy atom. The van der Waals surface area contributed by atoms with E-state index >= 15 is 0 Å². The zero-order valence-electron chi connectivity index (χ0n) is 10.5. The van der Waals surface area contributed by atoms with Crippen LogP contribution in [0.3, 0.4) is 0 Å². The predicted molar refractivity (Wildman–Crippen MR) is 62.9 cm³/mol. The van der Waals surface area contributed by atoms with Gasteiger partial charge in [-0.15, -0.1) is 0 Å². The summed E-state index contributed by atoms with van der Waals surface area (Å²) in [4.78, 5) is 16.0. The number of hydrogen-bond acceptors (Lipinski definition) is 5. The molecule has 7 heteroatoms. The lowest BCUT2D eigenvalue weighted by atomic mass is 10.0. The average Bonchev–Trinajstić information content (AvgIpc) is 2.94. The molecule has 18 heavy (non-hydrogen) atoms. The Labute approximate surface area is 104 Å². The minimum absolute atomic E-state index is 0.109. The fraction of sp³-hybridized carbons (Fsp3) is 0.455. The second-order valence-corrected chi connectivity index (χ2v) is 4.28. The number of carbonyl (C=O) groups excluding carboxylic acids is 1. The minimum Gasteiger partial charge on any atom is -0.360 e. The van der Waals surface area contributed by atoms with Crippen LogP contribution in [-0.2, 0) is 6.54 Å². The fourth-order valence-corrected chi connectivity index (χ4v) is 1.63. The molecule has 0 unspecified atom stereocenters. The van der Waals surface area contributed by atoms with Crippen LogP contribution in [0, 0.1) is 6.92 Å². The van der Waals surface area contributed by atoms with Crippen molar-refractivity contribution in [2.45, 2.75) is 33.2 Å². The van der Waals surface area contributed by atoms with Crippen LogP contribution in [0.25, 0.3) is 0 Å². The molecular formula is C11H15N5O2. The Balaban J connectivity index is 2.11. The molecule has 2 N–H and O–H groups in total. The van der Waals surface area contributed by atoms with Gasteiger partial charge in [0, 0.05) is 5.92 Å². The van der Waals surface area contributed by atoms with Gasteiger partial charge in [-0.25, -0.2) is 4.98 Å². The van der Waals surface area contributed by atoms with E-state index < -0.39 is 0 Å². The maximum atomic E-state index is 12.1. The van der Waals surface area contributed by atoms with E-state index in [1.165, 1.54) is 6.33 Å². The number of hydrogen-bond donors (Lipinski definition) is 2. The van der Waals surface area contributed by atoms with Gasteiger partial charge in [-0.05, 0) is 6.92 Å². The Hall–Kier alpha value is -2.18. The highest BCUT2D eigenvalue weighted by Gasteiger charge is 2.22. The lowest BCUT2D eigenvalue weighted by Crippen LogP contribution is -2.25. The maximum Gasteiger partial charge on any atom is 0.257 e. The van der Waals surface area contributed by atoms with Crippen molar-refractivity contribution in [2.24, 2.45) is 0 Å². The lowest BCUT2D eigenvalue weighted by molar-refractivity contribution is 0.0947. The van der Waals surface area contributed by atoms with Gasteiger partial charge >= 0.3 is 0 Å². The molecule has 1 amide bonds. The van der Waals surface area contributed by atoms with Crippen LogP contribution in [-0.4, -0.2) is 26.2 Å². The number of aromatic nitrogens is 4. The molecule has 2 heterocycles. The number of H-pyrrole nitrogens is 1. The first-order valence-electron chi connectivity index (χ1n) is 5.68. The molecule has 0 bridgehead atoms. The molecule has 0 aromatic carbocycles. The number of aryl methyl sites for hydroxylation is 1. The lowest BCUT2D eigenvalue weighted by Gasteiger charge is -2.05. The Morgan fingerprint density at radius 3 is 2.94 bits per heavy atom. The van der Waals surface area contributed by atoms with Gasteiger partial charge in [-0.1, -0.05) is 19.0 Å². The predicted octanol–water partition coefficient (Wildman–Crippen LogP) is 1.15. The summed E-state index contributed by atoms with van der Waals surface area (Å²) in [6.45, 7) is 5.94. The van der Waals surface area contributed by atoms with E-state index in [1.807, 2.05) is 13.8 Å². The number of nitrogens with one attached hydrogen (secondary N) is 2. The highest BCUT2D eigenvalue weighted by molar-refractivity contribution is 5.96. The third-order valence-electron chi connectivity index (χ3n) is 2.52. The van der Waals surface area contributed by atoms with Gasteiger partial charge in [0.15, 0.2) is 5.76 Å². The summed E-state index contributed by atoms with van der Waals surface area (Å²) in [6.07, 6.45) is 1.39. The zero-order chi connectivity index (χ0) is 13.1. The zero-order valence-corrected chi connectivity index (χ0v) is 10.5. The molecule has 2 aromatic rings. The van der Waals surface area contributed by atoms with Crippen molar-refractivity contribution in [1.82, 2.24) is 25.7 Å². The summed E-state index contributed by atoms with van der Waals surface area (Å²) in [7, 11) is 0. The molecule has 0 spiro atoms. The van der Waals surface area contributed by atoms with Crippen LogP contribution >= 0.6 is 0 Å². The van der Waals surface area contributed by atoms with Crippen molar-refractivity contribution in [2.75, 3.05) is 0 Å². The minimum atomic E-state index is -0.214. The molecule has 2 rings (SSSR count). The first-order valence-corrected chi connectivity index (χ1v) is 5.68.